The Balaban J connectivity index is 2.12. The maximum Gasteiger partial charge on any atom is 0.0687 e. The van der Waals surface area contributed by atoms with Gasteiger partial charge in [0.05, 0.1) is 6.04 Å². The molecule has 0 aliphatic carbocycles. The van der Waals surface area contributed by atoms with Gasteiger partial charge in [0.2, 0.25) is 0 Å². The maximum absolute atomic E-state index is 5.41. The molecule has 2 unspecified atom stereocenters. The molecule has 0 aromatic heterocycles. The molecule has 1 fully saturated rings. The first kappa shape index (κ1) is 10.6. The number of hydrogen-bond acceptors (Lipinski definition) is 2. The summed E-state index contributed by atoms with van der Waals surface area (Å²) in [5, 5.41) is 6.86. The molecule has 74 valence electrons. The number of rotatable bonds is 5. The summed E-state index contributed by atoms with van der Waals surface area (Å²) in [6.07, 6.45) is 10.2. The van der Waals surface area contributed by atoms with Crippen LogP contribution in [-0.2, 0) is 0 Å². The normalized spacial score (nSPS) is 24.2. The summed E-state index contributed by atoms with van der Waals surface area (Å²) in [5.74, 6) is 2.79. The molecule has 0 bridgehead atoms. The van der Waals surface area contributed by atoms with Gasteiger partial charge in [0.1, 0.15) is 0 Å². The van der Waals surface area contributed by atoms with Gasteiger partial charge in [-0.2, -0.15) is 0 Å². The van der Waals surface area contributed by atoms with Gasteiger partial charge in [-0.15, -0.1) is 6.42 Å². The lowest BCUT2D eigenvalue weighted by atomic mass is 10.1. The molecule has 0 amide bonds. The summed E-state index contributed by atoms with van der Waals surface area (Å²) >= 11 is 0. The zero-order chi connectivity index (χ0) is 9.52. The molecule has 0 spiro atoms. The van der Waals surface area contributed by atoms with Crippen LogP contribution in [0.15, 0.2) is 0 Å². The Labute approximate surface area is 81.5 Å². The lowest BCUT2D eigenvalue weighted by molar-refractivity contribution is 0.490. The Bertz CT molecular complexity index is 165. The van der Waals surface area contributed by atoms with Gasteiger partial charge >= 0.3 is 0 Å². The van der Waals surface area contributed by atoms with Gasteiger partial charge in [0, 0.05) is 12.6 Å². The van der Waals surface area contributed by atoms with Gasteiger partial charge in [-0.1, -0.05) is 19.3 Å². The molecule has 2 nitrogen and oxygen atoms in total. The minimum Gasteiger partial charge on any atom is -0.313 e. The molecular weight excluding hydrogens is 160 g/mol. The van der Waals surface area contributed by atoms with Crippen LogP contribution >= 0.6 is 0 Å². The number of hydrogen-bond donors (Lipinski definition) is 2. The van der Waals surface area contributed by atoms with Crippen LogP contribution in [0.25, 0.3) is 0 Å². The quantitative estimate of drug-likeness (QED) is 0.620. The summed E-state index contributed by atoms with van der Waals surface area (Å²) in [6, 6.07) is 0.917. The third-order valence-electron chi connectivity index (χ3n) is 2.55. The fourth-order valence-electron chi connectivity index (χ4n) is 1.75. The monoisotopic (exact) mass is 180 g/mol. The van der Waals surface area contributed by atoms with Gasteiger partial charge in [0.15, 0.2) is 0 Å². The highest BCUT2D eigenvalue weighted by Gasteiger charge is 2.14. The molecule has 2 N–H and O–H groups in total. The highest BCUT2D eigenvalue weighted by Crippen LogP contribution is 2.04. The maximum atomic E-state index is 5.41. The second-order valence-corrected chi connectivity index (χ2v) is 3.71. The molecule has 1 rings (SSSR count). The van der Waals surface area contributed by atoms with Gasteiger partial charge in [-0.05, 0) is 25.8 Å². The van der Waals surface area contributed by atoms with Crippen molar-refractivity contribution < 1.29 is 0 Å². The van der Waals surface area contributed by atoms with E-state index in [1.807, 2.05) is 0 Å². The highest BCUT2D eigenvalue weighted by molar-refractivity contribution is 4.99. The average Bonchev–Trinajstić information content (AvgIpc) is 2.64. The Morgan fingerprint density at radius 2 is 2.54 bits per heavy atom. The minimum absolute atomic E-state index is 0.271. The fraction of sp³-hybridized carbons (Fsp3) is 0.818. The smallest absolute Gasteiger partial charge is 0.0687 e. The molecule has 0 aromatic rings. The third kappa shape index (κ3) is 3.80. The van der Waals surface area contributed by atoms with E-state index in [2.05, 4.69) is 23.5 Å². The average molecular weight is 180 g/mol. The summed E-state index contributed by atoms with van der Waals surface area (Å²) in [7, 11) is 0. The first-order valence-corrected chi connectivity index (χ1v) is 5.29. The highest BCUT2D eigenvalue weighted by atomic mass is 15.0. The Morgan fingerprint density at radius 3 is 3.08 bits per heavy atom. The first-order chi connectivity index (χ1) is 6.36. The Hall–Kier alpha value is -0.520. The van der Waals surface area contributed by atoms with E-state index in [1.54, 1.807) is 0 Å². The van der Waals surface area contributed by atoms with Gasteiger partial charge < -0.3 is 10.6 Å². The van der Waals surface area contributed by atoms with Crippen molar-refractivity contribution in [3.8, 4) is 12.3 Å². The van der Waals surface area contributed by atoms with E-state index >= 15 is 0 Å². The van der Waals surface area contributed by atoms with Crippen molar-refractivity contribution in [2.45, 2.75) is 44.7 Å². The molecule has 1 aliphatic heterocycles. The summed E-state index contributed by atoms with van der Waals surface area (Å²) in [4.78, 5) is 0. The van der Waals surface area contributed by atoms with Crippen LogP contribution < -0.4 is 10.6 Å². The largest absolute Gasteiger partial charge is 0.313 e. The van der Waals surface area contributed by atoms with Crippen LogP contribution in [0.3, 0.4) is 0 Å². The first-order valence-electron chi connectivity index (χ1n) is 5.29. The lowest BCUT2D eigenvalue weighted by Crippen LogP contribution is -2.38. The van der Waals surface area contributed by atoms with Crippen molar-refractivity contribution in [3.05, 3.63) is 0 Å². The standard InChI is InChI=1S/C11H20N2/c1-3-6-10(4-2)13-9-11-7-5-8-12-11/h2,10-13H,3,5-9H2,1H3. The fourth-order valence-corrected chi connectivity index (χ4v) is 1.75. The predicted molar refractivity (Wildman–Crippen MR) is 56.6 cm³/mol. The van der Waals surface area contributed by atoms with E-state index in [4.69, 9.17) is 6.42 Å². The third-order valence-corrected chi connectivity index (χ3v) is 2.55. The molecule has 2 heteroatoms. The minimum atomic E-state index is 0.271. The van der Waals surface area contributed by atoms with Crippen LogP contribution in [0, 0.1) is 12.3 Å². The van der Waals surface area contributed by atoms with Crippen molar-refractivity contribution in [1.29, 1.82) is 0 Å². The lowest BCUT2D eigenvalue weighted by Gasteiger charge is -2.15. The zero-order valence-corrected chi connectivity index (χ0v) is 8.47. The van der Waals surface area contributed by atoms with Crippen LogP contribution in [0.4, 0.5) is 0 Å². The summed E-state index contributed by atoms with van der Waals surface area (Å²) in [5.41, 5.74) is 0. The van der Waals surface area contributed by atoms with Crippen LogP contribution in [0.5, 0.6) is 0 Å². The topological polar surface area (TPSA) is 24.1 Å². The van der Waals surface area contributed by atoms with E-state index in [-0.39, 0.29) is 6.04 Å². The van der Waals surface area contributed by atoms with Crippen LogP contribution in [0.1, 0.15) is 32.6 Å². The van der Waals surface area contributed by atoms with E-state index < -0.39 is 0 Å². The second kappa shape index (κ2) is 6.01. The zero-order valence-electron chi connectivity index (χ0n) is 8.47. The van der Waals surface area contributed by atoms with Gasteiger partial charge in [-0.25, -0.2) is 0 Å². The SMILES string of the molecule is C#CC(CCC)NCC1CCCN1. The van der Waals surface area contributed by atoms with E-state index in [0.717, 1.165) is 19.4 Å². The molecule has 0 radical (unpaired) electrons. The van der Waals surface area contributed by atoms with Crippen LogP contribution in [0.2, 0.25) is 0 Å². The molecule has 0 saturated carbocycles. The molecule has 0 aromatic carbocycles. The van der Waals surface area contributed by atoms with Gasteiger partial charge in [-0.3, -0.25) is 0 Å². The van der Waals surface area contributed by atoms with Crippen molar-refractivity contribution in [1.82, 2.24) is 10.6 Å². The second-order valence-electron chi connectivity index (χ2n) is 3.71. The van der Waals surface area contributed by atoms with E-state index in [9.17, 15) is 0 Å². The molecule has 13 heavy (non-hydrogen) atoms. The molecule has 1 saturated heterocycles. The summed E-state index contributed by atoms with van der Waals surface area (Å²) < 4.78 is 0. The summed E-state index contributed by atoms with van der Waals surface area (Å²) in [6.45, 7) is 4.36. The van der Waals surface area contributed by atoms with Crippen molar-refractivity contribution >= 4 is 0 Å². The Morgan fingerprint density at radius 1 is 1.69 bits per heavy atom. The molecule has 1 aliphatic rings. The van der Waals surface area contributed by atoms with Crippen LogP contribution in [-0.4, -0.2) is 25.2 Å². The Kier molecular flexibility index (Phi) is 4.88. The number of terminal acetylenes is 1. The van der Waals surface area contributed by atoms with E-state index in [0.29, 0.717) is 6.04 Å². The van der Waals surface area contributed by atoms with Crippen molar-refractivity contribution in [2.24, 2.45) is 0 Å². The van der Waals surface area contributed by atoms with Gasteiger partial charge in [0.25, 0.3) is 0 Å². The molecular formula is C11H20N2. The molecule has 2 atom stereocenters. The molecule has 1 heterocycles. The predicted octanol–water partition coefficient (Wildman–Crippen LogP) is 1.13. The van der Waals surface area contributed by atoms with Crippen molar-refractivity contribution in [2.75, 3.05) is 13.1 Å². The number of nitrogens with one attached hydrogen (secondary N) is 2. The van der Waals surface area contributed by atoms with E-state index in [1.165, 1.54) is 19.4 Å². The van der Waals surface area contributed by atoms with Crippen molar-refractivity contribution in [3.63, 3.8) is 0 Å².